The Morgan fingerprint density at radius 2 is 2.20 bits per heavy atom. The number of aryl methyl sites for hydroxylation is 1. The van der Waals surface area contributed by atoms with E-state index in [2.05, 4.69) is 25.9 Å². The molecule has 0 unspecified atom stereocenters. The van der Waals surface area contributed by atoms with Crippen molar-refractivity contribution >= 4 is 16.5 Å². The van der Waals surface area contributed by atoms with Gasteiger partial charge in [0.15, 0.2) is 5.82 Å². The Morgan fingerprint density at radius 1 is 1.30 bits per heavy atom. The number of nitrogens with zero attached hydrogens (tertiary/aromatic N) is 4. The molecule has 0 aliphatic rings. The first-order valence-electron chi connectivity index (χ1n) is 6.30. The van der Waals surface area contributed by atoms with Crippen molar-refractivity contribution in [1.29, 1.82) is 0 Å². The van der Waals surface area contributed by atoms with Crippen LogP contribution < -0.4 is 10.9 Å². The Labute approximate surface area is 114 Å². The highest BCUT2D eigenvalue weighted by Crippen LogP contribution is 2.20. The van der Waals surface area contributed by atoms with Crippen LogP contribution in [0.5, 0.6) is 0 Å². The standard InChI is InChI=1S/C13H14N6O/c1-19-8-6-9-10(13(19)20)3-2-4-11(9)14-7-5-12-15-17-18-16-12/h2-4,6,8,14H,5,7H2,1H3,(H,15,16,17,18). The summed E-state index contributed by atoms with van der Waals surface area (Å²) >= 11 is 0. The molecule has 0 saturated heterocycles. The predicted molar refractivity (Wildman–Crippen MR) is 75.6 cm³/mol. The van der Waals surface area contributed by atoms with E-state index in [0.29, 0.717) is 24.2 Å². The van der Waals surface area contributed by atoms with Crippen LogP contribution in [0, 0.1) is 0 Å². The lowest BCUT2D eigenvalue weighted by Gasteiger charge is -2.09. The number of hydrogen-bond donors (Lipinski definition) is 2. The molecule has 2 heterocycles. The highest BCUT2D eigenvalue weighted by atomic mass is 16.1. The minimum absolute atomic E-state index is 0.00400. The quantitative estimate of drug-likeness (QED) is 0.728. The van der Waals surface area contributed by atoms with E-state index in [1.54, 1.807) is 17.8 Å². The molecule has 3 rings (SSSR count). The number of rotatable bonds is 4. The molecule has 7 heteroatoms. The molecule has 0 aliphatic carbocycles. The van der Waals surface area contributed by atoms with Gasteiger partial charge in [-0.15, -0.1) is 10.2 Å². The van der Waals surface area contributed by atoms with Crippen LogP contribution in [0.2, 0.25) is 0 Å². The summed E-state index contributed by atoms with van der Waals surface area (Å²) in [6.07, 6.45) is 2.44. The third kappa shape index (κ3) is 2.25. The Bertz CT molecular complexity index is 777. The molecule has 3 aromatic rings. The van der Waals surface area contributed by atoms with Crippen molar-refractivity contribution in [3.05, 3.63) is 46.6 Å². The summed E-state index contributed by atoms with van der Waals surface area (Å²) in [6.45, 7) is 0.674. The predicted octanol–water partition coefficient (Wildman–Crippen LogP) is 0.706. The second kappa shape index (κ2) is 5.12. The van der Waals surface area contributed by atoms with Gasteiger partial charge in [0.05, 0.1) is 0 Å². The van der Waals surface area contributed by atoms with Crippen LogP contribution in [-0.2, 0) is 13.5 Å². The Hall–Kier alpha value is -2.70. The molecular weight excluding hydrogens is 256 g/mol. The molecule has 2 N–H and O–H groups in total. The summed E-state index contributed by atoms with van der Waals surface area (Å²) in [4.78, 5) is 12.0. The van der Waals surface area contributed by atoms with Crippen LogP contribution >= 0.6 is 0 Å². The normalized spacial score (nSPS) is 10.8. The zero-order valence-electron chi connectivity index (χ0n) is 11.0. The van der Waals surface area contributed by atoms with Gasteiger partial charge in [0.25, 0.3) is 5.56 Å². The average molecular weight is 270 g/mol. The molecule has 0 fully saturated rings. The first-order chi connectivity index (χ1) is 9.75. The maximum atomic E-state index is 12.0. The lowest BCUT2D eigenvalue weighted by Crippen LogP contribution is -2.16. The molecule has 1 aromatic carbocycles. The smallest absolute Gasteiger partial charge is 0.258 e. The zero-order valence-corrected chi connectivity index (χ0v) is 11.0. The van der Waals surface area contributed by atoms with E-state index in [1.165, 1.54) is 0 Å². The second-order valence-electron chi connectivity index (χ2n) is 4.50. The lowest BCUT2D eigenvalue weighted by molar-refractivity contribution is 0.873. The molecule has 2 aromatic heterocycles. The van der Waals surface area contributed by atoms with E-state index in [0.717, 1.165) is 11.1 Å². The molecule has 102 valence electrons. The number of nitrogens with one attached hydrogen (secondary N) is 2. The van der Waals surface area contributed by atoms with Crippen LogP contribution in [-0.4, -0.2) is 31.7 Å². The van der Waals surface area contributed by atoms with Gasteiger partial charge in [0.1, 0.15) is 0 Å². The van der Waals surface area contributed by atoms with Gasteiger partial charge in [0, 0.05) is 42.7 Å². The number of H-pyrrole nitrogens is 1. The third-order valence-corrected chi connectivity index (χ3v) is 3.17. The van der Waals surface area contributed by atoms with Crippen molar-refractivity contribution in [2.45, 2.75) is 6.42 Å². The van der Waals surface area contributed by atoms with Gasteiger partial charge in [-0.1, -0.05) is 11.3 Å². The van der Waals surface area contributed by atoms with Gasteiger partial charge in [-0.2, -0.15) is 5.21 Å². The summed E-state index contributed by atoms with van der Waals surface area (Å²) in [5.74, 6) is 0.661. The molecule has 0 atom stereocenters. The van der Waals surface area contributed by atoms with Crippen LogP contribution in [0.3, 0.4) is 0 Å². The molecule has 0 amide bonds. The maximum Gasteiger partial charge on any atom is 0.258 e. The van der Waals surface area contributed by atoms with E-state index in [-0.39, 0.29) is 5.56 Å². The fourth-order valence-electron chi connectivity index (χ4n) is 2.13. The Morgan fingerprint density at radius 3 is 3.00 bits per heavy atom. The topological polar surface area (TPSA) is 88.5 Å². The van der Waals surface area contributed by atoms with Crippen molar-refractivity contribution in [2.75, 3.05) is 11.9 Å². The van der Waals surface area contributed by atoms with E-state index in [9.17, 15) is 4.79 Å². The minimum Gasteiger partial charge on any atom is -0.384 e. The summed E-state index contributed by atoms with van der Waals surface area (Å²) in [5, 5.41) is 18.7. The van der Waals surface area contributed by atoms with Gasteiger partial charge in [0.2, 0.25) is 0 Å². The van der Waals surface area contributed by atoms with Crippen molar-refractivity contribution in [3.8, 4) is 0 Å². The molecule has 0 saturated carbocycles. The first-order valence-corrected chi connectivity index (χ1v) is 6.30. The van der Waals surface area contributed by atoms with Crippen molar-refractivity contribution in [1.82, 2.24) is 25.2 Å². The number of tetrazole rings is 1. The molecule has 0 aliphatic heterocycles. The zero-order chi connectivity index (χ0) is 13.9. The number of hydrogen-bond acceptors (Lipinski definition) is 5. The monoisotopic (exact) mass is 270 g/mol. The molecule has 0 radical (unpaired) electrons. The molecular formula is C13H14N6O. The highest BCUT2D eigenvalue weighted by molar-refractivity contribution is 5.93. The van der Waals surface area contributed by atoms with Gasteiger partial charge >= 0.3 is 0 Å². The SMILES string of the molecule is Cn1ccc2c(NCCc3nn[nH]n3)cccc2c1=O. The van der Waals surface area contributed by atoms with Crippen LogP contribution in [0.1, 0.15) is 5.82 Å². The Kier molecular flexibility index (Phi) is 3.16. The summed E-state index contributed by atoms with van der Waals surface area (Å²) in [5.41, 5.74) is 0.938. The average Bonchev–Trinajstić information content (AvgIpc) is 2.97. The lowest BCUT2D eigenvalue weighted by atomic mass is 10.1. The van der Waals surface area contributed by atoms with Gasteiger partial charge < -0.3 is 9.88 Å². The van der Waals surface area contributed by atoms with Crippen LogP contribution in [0.15, 0.2) is 35.3 Å². The summed E-state index contributed by atoms with van der Waals surface area (Å²) in [6, 6.07) is 7.61. The number of pyridine rings is 1. The van der Waals surface area contributed by atoms with E-state index in [1.807, 2.05) is 24.3 Å². The number of aromatic nitrogens is 5. The fraction of sp³-hybridized carbons (Fsp3) is 0.231. The van der Waals surface area contributed by atoms with Gasteiger partial charge in [-0.3, -0.25) is 4.79 Å². The number of aromatic amines is 1. The van der Waals surface area contributed by atoms with E-state index in [4.69, 9.17) is 0 Å². The van der Waals surface area contributed by atoms with Gasteiger partial charge in [-0.25, -0.2) is 0 Å². The summed E-state index contributed by atoms with van der Waals surface area (Å²) in [7, 11) is 1.75. The number of fused-ring (bicyclic) bond motifs is 1. The fourth-order valence-corrected chi connectivity index (χ4v) is 2.13. The van der Waals surface area contributed by atoms with Crippen molar-refractivity contribution in [2.24, 2.45) is 7.05 Å². The largest absolute Gasteiger partial charge is 0.384 e. The van der Waals surface area contributed by atoms with Crippen LogP contribution in [0.4, 0.5) is 5.69 Å². The summed E-state index contributed by atoms with van der Waals surface area (Å²) < 4.78 is 1.57. The molecule has 7 nitrogen and oxygen atoms in total. The maximum absolute atomic E-state index is 12.0. The molecule has 20 heavy (non-hydrogen) atoms. The first kappa shape index (κ1) is 12.3. The molecule has 0 bridgehead atoms. The van der Waals surface area contributed by atoms with Crippen molar-refractivity contribution < 1.29 is 0 Å². The minimum atomic E-state index is 0.00400. The third-order valence-electron chi connectivity index (χ3n) is 3.17. The van der Waals surface area contributed by atoms with Gasteiger partial charge in [-0.05, 0) is 18.2 Å². The van der Waals surface area contributed by atoms with E-state index < -0.39 is 0 Å². The number of anilines is 1. The second-order valence-corrected chi connectivity index (χ2v) is 4.50. The van der Waals surface area contributed by atoms with Crippen molar-refractivity contribution in [3.63, 3.8) is 0 Å². The Balaban J connectivity index is 1.85. The molecule has 0 spiro atoms. The highest BCUT2D eigenvalue weighted by Gasteiger charge is 2.05. The van der Waals surface area contributed by atoms with Crippen LogP contribution in [0.25, 0.3) is 10.8 Å². The number of benzene rings is 1. The van der Waals surface area contributed by atoms with E-state index >= 15 is 0 Å².